The monoisotopic (exact) mass is 177 g/mol. The average molecular weight is 177 g/mol. The van der Waals surface area contributed by atoms with Crippen molar-refractivity contribution in [3.63, 3.8) is 0 Å². The zero-order chi connectivity index (χ0) is 9.84. The number of hydrogen-bond acceptors (Lipinski definition) is 3. The van der Waals surface area contributed by atoms with E-state index in [1.54, 1.807) is 25.1 Å². The van der Waals surface area contributed by atoms with Gasteiger partial charge in [-0.2, -0.15) is 5.26 Å². The molecule has 0 amide bonds. The second-order valence-electron chi connectivity index (χ2n) is 2.78. The first kappa shape index (κ1) is 9.40. The van der Waals surface area contributed by atoms with E-state index in [2.05, 4.69) is 6.07 Å². The Hall–Kier alpha value is -1.69. The number of phenols is 1. The zero-order valence-corrected chi connectivity index (χ0v) is 7.61. The summed E-state index contributed by atoms with van der Waals surface area (Å²) in [4.78, 5) is 0. The van der Waals surface area contributed by atoms with Crippen LogP contribution in [-0.4, -0.2) is 12.2 Å². The van der Waals surface area contributed by atoms with Crippen LogP contribution in [0.25, 0.3) is 0 Å². The number of hydrogen-bond donors (Lipinski definition) is 1. The maximum absolute atomic E-state index is 9.40. The molecule has 3 nitrogen and oxygen atoms in total. The first-order chi connectivity index (χ1) is 6.19. The molecule has 0 heterocycles. The van der Waals surface area contributed by atoms with Crippen molar-refractivity contribution in [3.05, 3.63) is 23.8 Å². The summed E-state index contributed by atoms with van der Waals surface area (Å²) < 4.78 is 4.88. The van der Waals surface area contributed by atoms with E-state index in [1.165, 1.54) is 7.11 Å². The minimum Gasteiger partial charge on any atom is -0.504 e. The van der Waals surface area contributed by atoms with Crippen molar-refractivity contribution < 1.29 is 9.84 Å². The Morgan fingerprint density at radius 1 is 1.54 bits per heavy atom. The van der Waals surface area contributed by atoms with Crippen LogP contribution < -0.4 is 4.74 Å². The first-order valence-electron chi connectivity index (χ1n) is 3.95. The molecule has 0 saturated heterocycles. The summed E-state index contributed by atoms with van der Waals surface area (Å²) in [5.41, 5.74) is 0.792. The lowest BCUT2D eigenvalue weighted by atomic mass is 10.0. The highest BCUT2D eigenvalue weighted by Gasteiger charge is 2.07. The molecule has 0 spiro atoms. The summed E-state index contributed by atoms with van der Waals surface area (Å²) in [6, 6.07) is 7.06. The largest absolute Gasteiger partial charge is 0.504 e. The fourth-order valence-electron chi connectivity index (χ4n) is 1.05. The molecule has 68 valence electrons. The van der Waals surface area contributed by atoms with Gasteiger partial charge in [0, 0.05) is 0 Å². The van der Waals surface area contributed by atoms with Gasteiger partial charge >= 0.3 is 0 Å². The topological polar surface area (TPSA) is 53.2 Å². The molecular formula is C10H11NO2. The normalized spacial score (nSPS) is 11.8. The molecule has 0 aliphatic heterocycles. The highest BCUT2D eigenvalue weighted by atomic mass is 16.5. The van der Waals surface area contributed by atoms with E-state index in [9.17, 15) is 5.11 Å². The summed E-state index contributed by atoms with van der Waals surface area (Å²) in [6.07, 6.45) is 0. The molecule has 13 heavy (non-hydrogen) atoms. The Morgan fingerprint density at radius 2 is 2.23 bits per heavy atom. The van der Waals surface area contributed by atoms with Crippen molar-refractivity contribution in [2.24, 2.45) is 0 Å². The van der Waals surface area contributed by atoms with E-state index >= 15 is 0 Å². The van der Waals surface area contributed by atoms with Crippen LogP contribution in [0.3, 0.4) is 0 Å². The molecule has 3 heteroatoms. The van der Waals surface area contributed by atoms with Gasteiger partial charge in [0.1, 0.15) is 0 Å². The van der Waals surface area contributed by atoms with Gasteiger partial charge in [0.25, 0.3) is 0 Å². The van der Waals surface area contributed by atoms with Crippen molar-refractivity contribution in [3.8, 4) is 17.6 Å². The van der Waals surface area contributed by atoms with Crippen molar-refractivity contribution >= 4 is 0 Å². The van der Waals surface area contributed by atoms with Gasteiger partial charge < -0.3 is 9.84 Å². The minimum absolute atomic E-state index is 0.0714. The van der Waals surface area contributed by atoms with E-state index in [1.807, 2.05) is 0 Å². The SMILES string of the molecule is COc1ccc(C(C)C#N)cc1O. The molecular weight excluding hydrogens is 166 g/mol. The van der Waals surface area contributed by atoms with Crippen molar-refractivity contribution in [2.75, 3.05) is 7.11 Å². The second-order valence-corrected chi connectivity index (χ2v) is 2.78. The third-order valence-electron chi connectivity index (χ3n) is 1.90. The van der Waals surface area contributed by atoms with Crippen LogP contribution in [0, 0.1) is 11.3 Å². The van der Waals surface area contributed by atoms with Crippen LogP contribution in [0.2, 0.25) is 0 Å². The summed E-state index contributed by atoms with van der Waals surface area (Å²) >= 11 is 0. The number of nitrogens with zero attached hydrogens (tertiary/aromatic N) is 1. The molecule has 0 aromatic heterocycles. The number of nitriles is 1. The van der Waals surface area contributed by atoms with Gasteiger partial charge in [0.05, 0.1) is 19.1 Å². The minimum atomic E-state index is -0.211. The molecule has 1 N–H and O–H groups in total. The van der Waals surface area contributed by atoms with Crippen LogP contribution in [0.4, 0.5) is 0 Å². The molecule has 1 unspecified atom stereocenters. The highest BCUT2D eigenvalue weighted by Crippen LogP contribution is 2.28. The quantitative estimate of drug-likeness (QED) is 0.751. The van der Waals surface area contributed by atoms with E-state index in [0.29, 0.717) is 5.75 Å². The number of methoxy groups -OCH3 is 1. The average Bonchev–Trinajstić information content (AvgIpc) is 2.16. The molecule has 0 saturated carbocycles. The number of ether oxygens (including phenoxy) is 1. The lowest BCUT2D eigenvalue weighted by molar-refractivity contribution is 0.373. The molecule has 1 rings (SSSR count). The van der Waals surface area contributed by atoms with E-state index in [0.717, 1.165) is 5.56 Å². The Balaban J connectivity index is 3.04. The fourth-order valence-corrected chi connectivity index (χ4v) is 1.05. The standard InChI is InChI=1S/C10H11NO2/c1-7(6-11)8-3-4-10(13-2)9(12)5-8/h3-5,7,12H,1-2H3. The number of aromatic hydroxyl groups is 1. The number of rotatable bonds is 2. The van der Waals surface area contributed by atoms with Gasteiger partial charge in [0.2, 0.25) is 0 Å². The maximum Gasteiger partial charge on any atom is 0.160 e. The maximum atomic E-state index is 9.40. The van der Waals surface area contributed by atoms with Gasteiger partial charge in [-0.15, -0.1) is 0 Å². The summed E-state index contributed by atoms with van der Waals surface area (Å²) in [6.45, 7) is 1.78. The Labute approximate surface area is 77.2 Å². The molecule has 0 radical (unpaired) electrons. The molecule has 0 aliphatic rings. The van der Waals surface area contributed by atoms with Gasteiger partial charge in [-0.05, 0) is 24.6 Å². The van der Waals surface area contributed by atoms with Crippen LogP contribution in [-0.2, 0) is 0 Å². The Morgan fingerprint density at radius 3 is 2.69 bits per heavy atom. The zero-order valence-electron chi connectivity index (χ0n) is 7.61. The molecule has 0 fully saturated rings. The van der Waals surface area contributed by atoms with Crippen molar-refractivity contribution in [1.29, 1.82) is 5.26 Å². The van der Waals surface area contributed by atoms with Crippen LogP contribution in [0.15, 0.2) is 18.2 Å². The smallest absolute Gasteiger partial charge is 0.160 e. The summed E-state index contributed by atoms with van der Waals surface area (Å²) in [5.74, 6) is 0.285. The lowest BCUT2D eigenvalue weighted by Crippen LogP contribution is -1.90. The van der Waals surface area contributed by atoms with Crippen LogP contribution in [0.5, 0.6) is 11.5 Å². The van der Waals surface area contributed by atoms with Gasteiger partial charge in [0.15, 0.2) is 11.5 Å². The predicted octanol–water partition coefficient (Wildman–Crippen LogP) is 2.03. The van der Waals surface area contributed by atoms with E-state index in [4.69, 9.17) is 10.00 Å². The summed E-state index contributed by atoms with van der Waals surface area (Å²) in [5, 5.41) is 18.0. The van der Waals surface area contributed by atoms with Crippen molar-refractivity contribution in [2.45, 2.75) is 12.8 Å². The molecule has 1 atom stereocenters. The third-order valence-corrected chi connectivity index (χ3v) is 1.90. The molecule has 0 aliphatic carbocycles. The second kappa shape index (κ2) is 3.81. The first-order valence-corrected chi connectivity index (χ1v) is 3.95. The lowest BCUT2D eigenvalue weighted by Gasteiger charge is -2.06. The fraction of sp³-hybridized carbons (Fsp3) is 0.300. The predicted molar refractivity (Wildman–Crippen MR) is 48.7 cm³/mol. The molecule has 1 aromatic rings. The molecule has 0 bridgehead atoms. The Kier molecular flexibility index (Phi) is 2.76. The third kappa shape index (κ3) is 1.91. The van der Waals surface area contributed by atoms with E-state index in [-0.39, 0.29) is 11.7 Å². The highest BCUT2D eigenvalue weighted by molar-refractivity contribution is 5.43. The number of phenolic OH excluding ortho intramolecular Hbond substituents is 1. The number of benzene rings is 1. The van der Waals surface area contributed by atoms with Gasteiger partial charge in [-0.25, -0.2) is 0 Å². The van der Waals surface area contributed by atoms with Crippen molar-refractivity contribution in [1.82, 2.24) is 0 Å². The van der Waals surface area contributed by atoms with Crippen LogP contribution in [0.1, 0.15) is 18.4 Å². The van der Waals surface area contributed by atoms with Gasteiger partial charge in [-0.3, -0.25) is 0 Å². The summed E-state index contributed by atoms with van der Waals surface area (Å²) in [7, 11) is 1.49. The van der Waals surface area contributed by atoms with E-state index < -0.39 is 0 Å². The Bertz CT molecular complexity index is 341. The molecule has 1 aromatic carbocycles. The van der Waals surface area contributed by atoms with Crippen LogP contribution >= 0.6 is 0 Å². The van der Waals surface area contributed by atoms with Gasteiger partial charge in [-0.1, -0.05) is 6.07 Å².